The molecule has 2 aliphatic rings. The first-order valence-corrected chi connectivity index (χ1v) is 7.18. The van der Waals surface area contributed by atoms with Crippen LogP contribution in [0.1, 0.15) is 6.42 Å². The Hall–Kier alpha value is -1.95. The number of β-lactam (4-membered cyclic amide) rings is 1. The molecule has 0 aliphatic carbocycles. The van der Waals surface area contributed by atoms with Gasteiger partial charge in [-0.05, 0) is 5.57 Å². The number of thioether (sulfide) groups is 1. The smallest absolute Gasteiger partial charge is 0.253 e. The van der Waals surface area contributed by atoms with Crippen LogP contribution in [0.25, 0.3) is 0 Å². The SMILES string of the molecule is C=C/C=C(\C=C)CC(=O)NC1C(=O)N2C=C(O)CS[C@H]12. The number of rotatable bonds is 5. The number of hydrogen-bond acceptors (Lipinski definition) is 4. The average molecular weight is 292 g/mol. The number of allylic oxidation sites excluding steroid dienone is 3. The summed E-state index contributed by atoms with van der Waals surface area (Å²) >= 11 is 1.43. The summed E-state index contributed by atoms with van der Waals surface area (Å²) in [7, 11) is 0. The second kappa shape index (κ2) is 6.00. The summed E-state index contributed by atoms with van der Waals surface area (Å²) in [6.45, 7) is 7.19. The van der Waals surface area contributed by atoms with Crippen LogP contribution in [0.2, 0.25) is 0 Å². The molecule has 2 N–H and O–H groups in total. The van der Waals surface area contributed by atoms with Crippen molar-refractivity contribution in [3.8, 4) is 0 Å². The zero-order valence-electron chi connectivity index (χ0n) is 10.9. The summed E-state index contributed by atoms with van der Waals surface area (Å²) in [4.78, 5) is 25.2. The summed E-state index contributed by atoms with van der Waals surface area (Å²) in [6, 6.07) is -0.522. The number of carbonyl (C=O) groups is 2. The van der Waals surface area contributed by atoms with Gasteiger partial charge in [0.2, 0.25) is 5.91 Å². The van der Waals surface area contributed by atoms with Gasteiger partial charge in [0.05, 0.1) is 12.2 Å². The van der Waals surface area contributed by atoms with Crippen LogP contribution in [-0.4, -0.2) is 39.0 Å². The van der Waals surface area contributed by atoms with Crippen molar-refractivity contribution in [1.82, 2.24) is 10.2 Å². The van der Waals surface area contributed by atoms with Crippen LogP contribution < -0.4 is 5.32 Å². The summed E-state index contributed by atoms with van der Waals surface area (Å²) in [5, 5.41) is 11.9. The Balaban J connectivity index is 1.93. The fraction of sp³-hybridized carbons (Fsp3) is 0.286. The van der Waals surface area contributed by atoms with E-state index >= 15 is 0 Å². The molecule has 106 valence electrons. The van der Waals surface area contributed by atoms with Crippen LogP contribution >= 0.6 is 11.8 Å². The lowest BCUT2D eigenvalue weighted by Crippen LogP contribution is -2.68. The lowest BCUT2D eigenvalue weighted by Gasteiger charge is -2.46. The Kier molecular flexibility index (Phi) is 4.34. The zero-order chi connectivity index (χ0) is 14.7. The lowest BCUT2D eigenvalue weighted by molar-refractivity contribution is -0.144. The molecule has 0 saturated carbocycles. The predicted octanol–water partition coefficient (Wildman–Crippen LogP) is 1.47. The number of nitrogens with zero attached hydrogens (tertiary/aromatic N) is 1. The molecule has 2 atom stereocenters. The molecular weight excluding hydrogens is 276 g/mol. The van der Waals surface area contributed by atoms with E-state index in [4.69, 9.17) is 0 Å². The van der Waals surface area contributed by atoms with Crippen LogP contribution in [0.15, 0.2) is 48.9 Å². The van der Waals surface area contributed by atoms with Gasteiger partial charge in [-0.25, -0.2) is 0 Å². The average Bonchev–Trinajstić information content (AvgIpc) is 2.44. The van der Waals surface area contributed by atoms with Crippen LogP contribution in [0.5, 0.6) is 0 Å². The lowest BCUT2D eigenvalue weighted by atomic mass is 10.1. The molecule has 1 fully saturated rings. The van der Waals surface area contributed by atoms with E-state index in [-0.39, 0.29) is 29.4 Å². The minimum Gasteiger partial charge on any atom is -0.510 e. The van der Waals surface area contributed by atoms with Crippen LogP contribution in [0, 0.1) is 0 Å². The van der Waals surface area contributed by atoms with E-state index in [1.54, 1.807) is 18.2 Å². The fourth-order valence-corrected chi connectivity index (χ4v) is 3.18. The molecule has 0 aromatic rings. The predicted molar refractivity (Wildman–Crippen MR) is 78.8 cm³/mol. The number of carbonyl (C=O) groups excluding carboxylic acids is 2. The van der Waals surface area contributed by atoms with Crippen molar-refractivity contribution in [1.29, 1.82) is 0 Å². The van der Waals surface area contributed by atoms with Crippen molar-refractivity contribution < 1.29 is 14.7 Å². The molecule has 5 nitrogen and oxygen atoms in total. The third kappa shape index (κ3) is 2.80. The Morgan fingerprint density at radius 2 is 2.35 bits per heavy atom. The van der Waals surface area contributed by atoms with Gasteiger partial charge >= 0.3 is 0 Å². The number of fused-ring (bicyclic) bond motifs is 1. The van der Waals surface area contributed by atoms with Gasteiger partial charge in [0.15, 0.2) is 0 Å². The molecule has 20 heavy (non-hydrogen) atoms. The Bertz CT molecular complexity index is 525. The van der Waals surface area contributed by atoms with Gasteiger partial charge in [-0.1, -0.05) is 31.4 Å². The van der Waals surface area contributed by atoms with Crippen molar-refractivity contribution in [3.63, 3.8) is 0 Å². The Labute approximate surface area is 121 Å². The Morgan fingerprint density at radius 1 is 1.60 bits per heavy atom. The molecule has 0 spiro atoms. The summed E-state index contributed by atoms with van der Waals surface area (Å²) in [6.07, 6.45) is 6.48. The van der Waals surface area contributed by atoms with Gasteiger partial charge in [0.1, 0.15) is 17.2 Å². The number of nitrogens with one attached hydrogen (secondary N) is 1. The largest absolute Gasteiger partial charge is 0.510 e. The molecule has 6 heteroatoms. The standard InChI is InChI=1S/C14H16N2O3S/c1-3-5-9(4-2)6-11(18)15-12-13(19)16-7-10(17)8-20-14(12)16/h3-5,7,12,14,17H,1-2,6,8H2,(H,15,18)/b9-5+/t12?,14-/m1/s1. The van der Waals surface area contributed by atoms with Gasteiger partial charge in [-0.15, -0.1) is 11.8 Å². The summed E-state index contributed by atoms with van der Waals surface area (Å²) in [5.41, 5.74) is 0.745. The molecule has 2 rings (SSSR count). The van der Waals surface area contributed by atoms with Gasteiger partial charge < -0.3 is 10.4 Å². The van der Waals surface area contributed by atoms with Gasteiger partial charge in [-0.2, -0.15) is 0 Å². The van der Waals surface area contributed by atoms with Crippen molar-refractivity contribution in [2.45, 2.75) is 17.8 Å². The molecule has 0 aromatic carbocycles. The minimum absolute atomic E-state index is 0.127. The zero-order valence-corrected chi connectivity index (χ0v) is 11.7. The van der Waals surface area contributed by atoms with E-state index in [1.165, 1.54) is 22.9 Å². The van der Waals surface area contributed by atoms with E-state index < -0.39 is 6.04 Å². The highest BCUT2D eigenvalue weighted by atomic mass is 32.2. The molecule has 0 aromatic heterocycles. The maximum atomic E-state index is 11.9. The number of aliphatic hydroxyl groups is 1. The topological polar surface area (TPSA) is 69.6 Å². The first-order chi connectivity index (χ1) is 9.56. The quantitative estimate of drug-likeness (QED) is 0.595. The molecule has 2 aliphatic heterocycles. The fourth-order valence-electron chi connectivity index (χ4n) is 2.06. The van der Waals surface area contributed by atoms with E-state index in [0.717, 1.165) is 5.57 Å². The van der Waals surface area contributed by atoms with Crippen molar-refractivity contribution in [3.05, 3.63) is 48.9 Å². The highest BCUT2D eigenvalue weighted by molar-refractivity contribution is 8.00. The summed E-state index contributed by atoms with van der Waals surface area (Å²) in [5.74, 6) is 0.201. The first kappa shape index (κ1) is 14.5. The first-order valence-electron chi connectivity index (χ1n) is 6.13. The van der Waals surface area contributed by atoms with Gasteiger partial charge in [0.25, 0.3) is 5.91 Å². The van der Waals surface area contributed by atoms with Crippen molar-refractivity contribution >= 4 is 23.6 Å². The van der Waals surface area contributed by atoms with E-state index in [9.17, 15) is 14.7 Å². The molecular formula is C14H16N2O3S. The molecule has 0 radical (unpaired) electrons. The van der Waals surface area contributed by atoms with Crippen LogP contribution in [0.3, 0.4) is 0 Å². The molecule has 1 unspecified atom stereocenters. The Morgan fingerprint density at radius 3 is 3.00 bits per heavy atom. The number of aliphatic hydroxyl groups excluding tert-OH is 1. The highest BCUT2D eigenvalue weighted by Gasteiger charge is 2.49. The van der Waals surface area contributed by atoms with E-state index in [2.05, 4.69) is 18.5 Å². The maximum absolute atomic E-state index is 11.9. The highest BCUT2D eigenvalue weighted by Crippen LogP contribution is 2.35. The molecule has 1 saturated heterocycles. The second-order valence-corrected chi connectivity index (χ2v) is 5.58. The maximum Gasteiger partial charge on any atom is 0.253 e. The van der Waals surface area contributed by atoms with Gasteiger partial charge in [0, 0.05) is 6.20 Å². The third-order valence-corrected chi connectivity index (χ3v) is 4.35. The normalized spacial score (nSPS) is 25.2. The molecule has 2 amide bonds. The number of hydrogen-bond donors (Lipinski definition) is 2. The van der Waals surface area contributed by atoms with Crippen LogP contribution in [0.4, 0.5) is 0 Å². The number of amides is 2. The van der Waals surface area contributed by atoms with Crippen molar-refractivity contribution in [2.75, 3.05) is 5.75 Å². The minimum atomic E-state index is -0.522. The second-order valence-electron chi connectivity index (χ2n) is 4.47. The summed E-state index contributed by atoms with van der Waals surface area (Å²) < 4.78 is 0. The van der Waals surface area contributed by atoms with Gasteiger partial charge in [-0.3, -0.25) is 14.5 Å². The third-order valence-electron chi connectivity index (χ3n) is 3.05. The van der Waals surface area contributed by atoms with Crippen molar-refractivity contribution in [2.24, 2.45) is 0 Å². The molecule has 2 heterocycles. The molecule has 0 bridgehead atoms. The van der Waals surface area contributed by atoms with E-state index in [0.29, 0.717) is 5.75 Å². The van der Waals surface area contributed by atoms with E-state index in [1.807, 2.05) is 0 Å². The van der Waals surface area contributed by atoms with Crippen LogP contribution in [-0.2, 0) is 9.59 Å². The monoisotopic (exact) mass is 292 g/mol.